The van der Waals surface area contributed by atoms with Crippen LogP contribution >= 0.6 is 11.3 Å². The minimum Gasteiger partial charge on any atom is -0.497 e. The van der Waals surface area contributed by atoms with Crippen LogP contribution in [0.5, 0.6) is 5.75 Å². The van der Waals surface area contributed by atoms with Gasteiger partial charge in [-0.3, -0.25) is 14.5 Å². The van der Waals surface area contributed by atoms with Crippen LogP contribution in [0.1, 0.15) is 32.7 Å². The standard InChI is InChI=1S/C21H15N3O4S/c1-11-22-23-21(29-11)24-17(12-7-9-13(27-2)10-8-12)16-18(25)14-5-3-4-6-15(14)28-19(16)20(24)26/h3-10,17H,1-2H3/t17-/m1/s1. The van der Waals surface area contributed by atoms with Crippen LogP contribution in [0, 0.1) is 6.92 Å². The molecule has 1 atom stereocenters. The van der Waals surface area contributed by atoms with Gasteiger partial charge in [0, 0.05) is 0 Å². The molecule has 0 spiro atoms. The van der Waals surface area contributed by atoms with Crippen LogP contribution in [0.2, 0.25) is 0 Å². The summed E-state index contributed by atoms with van der Waals surface area (Å²) in [4.78, 5) is 28.2. The van der Waals surface area contributed by atoms with Gasteiger partial charge in [-0.05, 0) is 36.8 Å². The molecule has 0 fully saturated rings. The summed E-state index contributed by atoms with van der Waals surface area (Å²) < 4.78 is 11.1. The molecular formula is C21H15N3O4S. The van der Waals surface area contributed by atoms with Crippen molar-refractivity contribution in [3.63, 3.8) is 0 Å². The van der Waals surface area contributed by atoms with Gasteiger partial charge in [-0.1, -0.05) is 35.6 Å². The molecule has 7 nitrogen and oxygen atoms in total. The molecule has 29 heavy (non-hydrogen) atoms. The quantitative estimate of drug-likeness (QED) is 0.517. The lowest BCUT2D eigenvalue weighted by Crippen LogP contribution is -2.29. The summed E-state index contributed by atoms with van der Waals surface area (Å²) in [6.45, 7) is 1.81. The largest absolute Gasteiger partial charge is 0.497 e. The Balaban J connectivity index is 1.79. The highest BCUT2D eigenvalue weighted by Gasteiger charge is 2.45. The lowest BCUT2D eigenvalue weighted by atomic mass is 9.98. The van der Waals surface area contributed by atoms with E-state index in [4.69, 9.17) is 9.15 Å². The maximum atomic E-state index is 13.4. The molecule has 0 N–H and O–H groups in total. The van der Waals surface area contributed by atoms with Crippen LogP contribution in [0.4, 0.5) is 5.13 Å². The zero-order valence-electron chi connectivity index (χ0n) is 15.6. The molecule has 0 bridgehead atoms. The number of fused-ring (bicyclic) bond motifs is 2. The third kappa shape index (κ3) is 2.64. The number of rotatable bonds is 3. The SMILES string of the molecule is COc1ccc([C@@H]2c3c(oc4ccccc4c3=O)C(=O)N2c2nnc(C)s2)cc1. The first kappa shape index (κ1) is 17.6. The number of benzene rings is 2. The molecule has 1 aliphatic rings. The first-order valence-electron chi connectivity index (χ1n) is 8.92. The van der Waals surface area contributed by atoms with Crippen molar-refractivity contribution in [3.8, 4) is 5.75 Å². The van der Waals surface area contributed by atoms with Crippen LogP contribution in [0.25, 0.3) is 11.0 Å². The van der Waals surface area contributed by atoms with Crippen molar-refractivity contribution < 1.29 is 13.9 Å². The number of carbonyl (C=O) groups excluding carboxylic acids is 1. The number of ether oxygens (including phenoxy) is 1. The molecule has 0 saturated heterocycles. The lowest BCUT2D eigenvalue weighted by Gasteiger charge is -2.22. The van der Waals surface area contributed by atoms with Gasteiger partial charge in [0.25, 0.3) is 5.91 Å². The van der Waals surface area contributed by atoms with Crippen molar-refractivity contribution in [1.29, 1.82) is 0 Å². The summed E-state index contributed by atoms with van der Waals surface area (Å²) in [5.74, 6) is 0.323. The third-order valence-electron chi connectivity index (χ3n) is 4.93. The molecule has 1 aliphatic heterocycles. The van der Waals surface area contributed by atoms with E-state index in [2.05, 4.69) is 10.2 Å². The highest BCUT2D eigenvalue weighted by Crippen LogP contribution is 2.42. The second kappa shape index (κ2) is 6.52. The van der Waals surface area contributed by atoms with Crippen LogP contribution in [0.15, 0.2) is 57.7 Å². The summed E-state index contributed by atoms with van der Waals surface area (Å²) >= 11 is 1.29. The monoisotopic (exact) mass is 405 g/mol. The fourth-order valence-corrected chi connectivity index (χ4v) is 4.32. The van der Waals surface area contributed by atoms with Crippen molar-refractivity contribution in [2.45, 2.75) is 13.0 Å². The lowest BCUT2D eigenvalue weighted by molar-refractivity contribution is 0.0970. The highest BCUT2D eigenvalue weighted by molar-refractivity contribution is 7.15. The summed E-state index contributed by atoms with van der Waals surface area (Å²) in [7, 11) is 1.58. The average molecular weight is 405 g/mol. The molecule has 0 saturated carbocycles. The van der Waals surface area contributed by atoms with E-state index in [9.17, 15) is 9.59 Å². The predicted octanol–water partition coefficient (Wildman–Crippen LogP) is 3.71. The van der Waals surface area contributed by atoms with Gasteiger partial charge in [0.15, 0.2) is 5.43 Å². The number of methoxy groups -OCH3 is 1. The fourth-order valence-electron chi connectivity index (χ4n) is 3.60. The smallest absolute Gasteiger partial charge is 0.297 e. The van der Waals surface area contributed by atoms with Crippen molar-refractivity contribution in [1.82, 2.24) is 10.2 Å². The molecule has 144 valence electrons. The predicted molar refractivity (Wildman–Crippen MR) is 109 cm³/mol. The maximum absolute atomic E-state index is 13.4. The molecule has 8 heteroatoms. The number of nitrogens with zero attached hydrogens (tertiary/aromatic N) is 3. The van der Waals surface area contributed by atoms with Gasteiger partial charge < -0.3 is 9.15 Å². The summed E-state index contributed by atoms with van der Waals surface area (Å²) in [5.41, 5.74) is 1.23. The number of carbonyl (C=O) groups is 1. The van der Waals surface area contributed by atoms with Gasteiger partial charge >= 0.3 is 0 Å². The first-order chi connectivity index (χ1) is 14.1. The molecule has 0 aliphatic carbocycles. The summed E-state index contributed by atoms with van der Waals surface area (Å²) in [6, 6.07) is 13.5. The van der Waals surface area contributed by atoms with Crippen molar-refractivity contribution in [3.05, 3.63) is 80.6 Å². The van der Waals surface area contributed by atoms with E-state index >= 15 is 0 Å². The molecule has 3 heterocycles. The third-order valence-corrected chi connectivity index (χ3v) is 5.77. The van der Waals surface area contributed by atoms with E-state index in [1.807, 2.05) is 19.1 Å². The first-order valence-corrected chi connectivity index (χ1v) is 9.73. The molecule has 5 rings (SSSR count). The number of anilines is 1. The van der Waals surface area contributed by atoms with E-state index in [1.54, 1.807) is 43.5 Å². The van der Waals surface area contributed by atoms with Gasteiger partial charge in [-0.2, -0.15) is 0 Å². The second-order valence-electron chi connectivity index (χ2n) is 6.62. The Morgan fingerprint density at radius 3 is 2.52 bits per heavy atom. The Morgan fingerprint density at radius 2 is 1.83 bits per heavy atom. The number of hydrogen-bond donors (Lipinski definition) is 0. The zero-order valence-corrected chi connectivity index (χ0v) is 16.4. The fraction of sp³-hybridized carbons (Fsp3) is 0.143. The summed E-state index contributed by atoms with van der Waals surface area (Å²) in [6.07, 6.45) is 0. The molecule has 4 aromatic rings. The minimum atomic E-state index is -0.656. The van der Waals surface area contributed by atoms with Crippen molar-refractivity contribution >= 4 is 33.3 Å². The van der Waals surface area contributed by atoms with E-state index in [0.29, 0.717) is 27.4 Å². The Labute approximate surface area is 169 Å². The summed E-state index contributed by atoms with van der Waals surface area (Å²) in [5, 5.41) is 9.76. The van der Waals surface area contributed by atoms with E-state index in [-0.39, 0.29) is 11.2 Å². The van der Waals surface area contributed by atoms with Gasteiger partial charge in [0.2, 0.25) is 10.9 Å². The van der Waals surface area contributed by atoms with Crippen LogP contribution in [0.3, 0.4) is 0 Å². The van der Waals surface area contributed by atoms with Gasteiger partial charge in [-0.15, -0.1) is 10.2 Å². The average Bonchev–Trinajstić information content (AvgIpc) is 3.29. The van der Waals surface area contributed by atoms with Gasteiger partial charge in [0.05, 0.1) is 24.1 Å². The Kier molecular flexibility index (Phi) is 3.95. The van der Waals surface area contributed by atoms with Crippen molar-refractivity contribution in [2.24, 2.45) is 0 Å². The normalized spacial score (nSPS) is 15.7. The van der Waals surface area contributed by atoms with E-state index in [0.717, 1.165) is 10.6 Å². The Hall–Kier alpha value is -3.52. The van der Waals surface area contributed by atoms with Crippen LogP contribution in [-0.4, -0.2) is 23.2 Å². The molecular weight excluding hydrogens is 390 g/mol. The number of hydrogen-bond acceptors (Lipinski definition) is 7. The highest BCUT2D eigenvalue weighted by atomic mass is 32.1. The number of aryl methyl sites for hydroxylation is 1. The minimum absolute atomic E-state index is 0.0439. The second-order valence-corrected chi connectivity index (χ2v) is 7.78. The van der Waals surface area contributed by atoms with E-state index < -0.39 is 11.9 Å². The molecule has 2 aromatic heterocycles. The molecule has 0 radical (unpaired) electrons. The molecule has 0 unspecified atom stereocenters. The van der Waals surface area contributed by atoms with Gasteiger partial charge in [-0.25, -0.2) is 0 Å². The number of amides is 1. The Bertz CT molecular complexity index is 1310. The molecule has 1 amide bonds. The van der Waals surface area contributed by atoms with E-state index in [1.165, 1.54) is 16.2 Å². The topological polar surface area (TPSA) is 85.5 Å². The van der Waals surface area contributed by atoms with Crippen LogP contribution in [-0.2, 0) is 0 Å². The Morgan fingerprint density at radius 1 is 1.07 bits per heavy atom. The van der Waals surface area contributed by atoms with Crippen molar-refractivity contribution in [2.75, 3.05) is 12.0 Å². The zero-order chi connectivity index (χ0) is 20.1. The number of aromatic nitrogens is 2. The number of para-hydroxylation sites is 1. The molecule has 2 aromatic carbocycles. The maximum Gasteiger partial charge on any atom is 0.297 e. The van der Waals surface area contributed by atoms with Crippen LogP contribution < -0.4 is 15.1 Å². The van der Waals surface area contributed by atoms with Gasteiger partial charge in [0.1, 0.15) is 16.3 Å².